The lowest BCUT2D eigenvalue weighted by Crippen LogP contribution is -2.49. The van der Waals surface area contributed by atoms with Gasteiger partial charge in [0.15, 0.2) is 5.78 Å². The van der Waals surface area contributed by atoms with E-state index in [2.05, 4.69) is 19.6 Å². The van der Waals surface area contributed by atoms with Crippen LogP contribution in [0.3, 0.4) is 0 Å². The van der Waals surface area contributed by atoms with Crippen molar-refractivity contribution in [1.82, 2.24) is 0 Å². The molecule has 2 heterocycles. The molecule has 3 rings (SSSR count). The van der Waals surface area contributed by atoms with Crippen molar-refractivity contribution in [3.63, 3.8) is 0 Å². The second-order valence-corrected chi connectivity index (χ2v) is 9.03. The monoisotopic (exact) mass is 414 g/mol. The number of carbonyl (C=O) groups excluding carboxylic acids is 1. The molecule has 5 heteroatoms. The molecule has 5 nitrogen and oxygen atoms in total. The number of ketones is 1. The van der Waals surface area contributed by atoms with Gasteiger partial charge in [0.25, 0.3) is 0 Å². The highest BCUT2D eigenvalue weighted by Gasteiger charge is 2.45. The Morgan fingerprint density at radius 3 is 2.70 bits per heavy atom. The molecular formula is C25H34O5. The van der Waals surface area contributed by atoms with Gasteiger partial charge in [0.1, 0.15) is 0 Å². The molecular weight excluding hydrogens is 380 g/mol. The number of fused-ring (bicyclic) bond motifs is 1. The van der Waals surface area contributed by atoms with Gasteiger partial charge in [-0.15, -0.1) is 0 Å². The van der Waals surface area contributed by atoms with Gasteiger partial charge in [-0.1, -0.05) is 29.4 Å². The van der Waals surface area contributed by atoms with Crippen molar-refractivity contribution in [2.24, 2.45) is 5.92 Å². The van der Waals surface area contributed by atoms with Gasteiger partial charge in [-0.05, 0) is 76.3 Å². The molecule has 0 saturated carbocycles. The fourth-order valence-corrected chi connectivity index (χ4v) is 4.44. The Morgan fingerprint density at radius 1 is 1.30 bits per heavy atom. The first kappa shape index (κ1) is 22.9. The Labute approximate surface area is 179 Å². The molecule has 0 amide bonds. The van der Waals surface area contributed by atoms with E-state index in [-0.39, 0.29) is 30.5 Å². The highest BCUT2D eigenvalue weighted by molar-refractivity contribution is 5.96. The standard InChI is InChI=1S/C25H34O5/c1-15(2)22(27)7-6-16(3)8-20-9-17(4)12-25(29-20)13-19(14-26)21-11-23(28)18(5)10-24(21)30-25/h8,10,12-13,20-22,24,26-27H,1,6-7,9,11,14H2,2-5H3/t20-,21-,22+,24-,25+/m0/s1. The van der Waals surface area contributed by atoms with Crippen LogP contribution >= 0.6 is 0 Å². The minimum atomic E-state index is -1.04. The van der Waals surface area contributed by atoms with Crippen LogP contribution in [0.2, 0.25) is 0 Å². The largest absolute Gasteiger partial charge is 0.392 e. The van der Waals surface area contributed by atoms with Gasteiger partial charge in [-0.25, -0.2) is 0 Å². The van der Waals surface area contributed by atoms with Crippen molar-refractivity contribution in [3.8, 4) is 0 Å². The normalized spacial score (nSPS) is 32.9. The summed E-state index contributed by atoms with van der Waals surface area (Å²) in [5.74, 6) is -1.09. The molecule has 0 radical (unpaired) electrons. The summed E-state index contributed by atoms with van der Waals surface area (Å²) in [6.45, 7) is 11.4. The number of carbonyl (C=O) groups is 1. The Balaban J connectivity index is 1.81. The third-order valence-corrected chi connectivity index (χ3v) is 6.18. The van der Waals surface area contributed by atoms with Crippen LogP contribution in [0, 0.1) is 5.92 Å². The average Bonchev–Trinajstić information content (AvgIpc) is 2.66. The van der Waals surface area contributed by atoms with Gasteiger partial charge in [0.2, 0.25) is 5.79 Å². The van der Waals surface area contributed by atoms with Gasteiger partial charge in [0, 0.05) is 12.3 Å². The highest BCUT2D eigenvalue weighted by Crippen LogP contribution is 2.42. The van der Waals surface area contributed by atoms with Gasteiger partial charge in [0.05, 0.1) is 24.9 Å². The van der Waals surface area contributed by atoms with E-state index < -0.39 is 11.9 Å². The zero-order chi connectivity index (χ0) is 22.1. The predicted molar refractivity (Wildman–Crippen MR) is 117 cm³/mol. The van der Waals surface area contributed by atoms with Gasteiger partial charge < -0.3 is 19.7 Å². The number of rotatable bonds is 6. The number of hydrogen-bond acceptors (Lipinski definition) is 5. The zero-order valence-corrected chi connectivity index (χ0v) is 18.5. The second kappa shape index (κ2) is 9.15. The molecule has 1 spiro atoms. The molecule has 2 aliphatic heterocycles. The average molecular weight is 415 g/mol. The van der Waals surface area contributed by atoms with Crippen LogP contribution in [-0.4, -0.2) is 46.7 Å². The lowest BCUT2D eigenvalue weighted by molar-refractivity contribution is -0.224. The number of allylic oxidation sites excluding steroid dienone is 2. The van der Waals surface area contributed by atoms with E-state index in [1.165, 1.54) is 0 Å². The smallest absolute Gasteiger partial charge is 0.209 e. The van der Waals surface area contributed by atoms with Crippen LogP contribution in [0.25, 0.3) is 0 Å². The van der Waals surface area contributed by atoms with Crippen molar-refractivity contribution < 1.29 is 24.5 Å². The van der Waals surface area contributed by atoms with E-state index >= 15 is 0 Å². The third kappa shape index (κ3) is 5.09. The lowest BCUT2D eigenvalue weighted by atomic mass is 9.79. The summed E-state index contributed by atoms with van der Waals surface area (Å²) < 4.78 is 12.8. The van der Waals surface area contributed by atoms with Gasteiger partial charge >= 0.3 is 0 Å². The summed E-state index contributed by atoms with van der Waals surface area (Å²) in [6, 6.07) is 0. The van der Waals surface area contributed by atoms with Crippen LogP contribution in [-0.2, 0) is 14.3 Å². The van der Waals surface area contributed by atoms with Crippen LogP contribution in [0.4, 0.5) is 0 Å². The molecule has 1 aliphatic carbocycles. The lowest BCUT2D eigenvalue weighted by Gasteiger charge is -2.45. The molecule has 0 aromatic rings. The molecule has 164 valence electrons. The summed E-state index contributed by atoms with van der Waals surface area (Å²) in [6.07, 6.45) is 9.32. The van der Waals surface area contributed by atoms with E-state index in [1.54, 1.807) is 0 Å². The fourth-order valence-electron chi connectivity index (χ4n) is 4.44. The molecule has 0 saturated heterocycles. The van der Waals surface area contributed by atoms with Crippen molar-refractivity contribution in [3.05, 3.63) is 58.7 Å². The first-order chi connectivity index (χ1) is 14.1. The predicted octanol–water partition coefficient (Wildman–Crippen LogP) is 3.93. The van der Waals surface area contributed by atoms with E-state index in [0.717, 1.165) is 35.1 Å². The Kier molecular flexibility index (Phi) is 6.98. The first-order valence-electron chi connectivity index (χ1n) is 10.7. The van der Waals surface area contributed by atoms with Crippen molar-refractivity contribution in [2.45, 2.75) is 77.5 Å². The number of aliphatic hydroxyl groups excluding tert-OH is 2. The fraction of sp³-hybridized carbons (Fsp3) is 0.560. The molecule has 3 aliphatic rings. The molecule has 0 fully saturated rings. The van der Waals surface area contributed by atoms with Crippen LogP contribution in [0.5, 0.6) is 0 Å². The van der Waals surface area contributed by atoms with Crippen molar-refractivity contribution >= 4 is 5.78 Å². The number of ether oxygens (including phenoxy) is 2. The third-order valence-electron chi connectivity index (χ3n) is 6.18. The first-order valence-corrected chi connectivity index (χ1v) is 10.7. The molecule has 0 unspecified atom stereocenters. The molecule has 2 N–H and O–H groups in total. The summed E-state index contributed by atoms with van der Waals surface area (Å²) >= 11 is 0. The topological polar surface area (TPSA) is 76.0 Å². The van der Waals surface area contributed by atoms with E-state index in [0.29, 0.717) is 18.4 Å². The van der Waals surface area contributed by atoms with Crippen molar-refractivity contribution in [2.75, 3.05) is 6.61 Å². The number of aliphatic hydroxyl groups is 2. The Bertz CT molecular complexity index is 830. The van der Waals surface area contributed by atoms with E-state index in [9.17, 15) is 15.0 Å². The maximum absolute atomic E-state index is 12.1. The highest BCUT2D eigenvalue weighted by atomic mass is 16.7. The van der Waals surface area contributed by atoms with E-state index in [1.807, 2.05) is 39.0 Å². The number of hydrogen-bond donors (Lipinski definition) is 2. The molecule has 5 atom stereocenters. The second-order valence-electron chi connectivity index (χ2n) is 9.03. The minimum Gasteiger partial charge on any atom is -0.392 e. The Morgan fingerprint density at radius 2 is 2.03 bits per heavy atom. The van der Waals surface area contributed by atoms with Crippen LogP contribution < -0.4 is 0 Å². The van der Waals surface area contributed by atoms with E-state index in [4.69, 9.17) is 9.47 Å². The summed E-state index contributed by atoms with van der Waals surface area (Å²) in [7, 11) is 0. The molecule has 0 aromatic heterocycles. The van der Waals surface area contributed by atoms with Crippen LogP contribution in [0.1, 0.15) is 53.4 Å². The van der Waals surface area contributed by atoms with Gasteiger partial charge in [-0.2, -0.15) is 0 Å². The van der Waals surface area contributed by atoms with Gasteiger partial charge in [-0.3, -0.25) is 4.79 Å². The quantitative estimate of drug-likeness (QED) is 0.644. The molecule has 0 bridgehead atoms. The SMILES string of the molecule is C=C(C)[C@H](O)CCC(C)=C[C@H]1CC(C)=C[C@@]2(C=C(CO)[C@@H]3CC(=O)C(C)=C[C@@H]3O2)O1. The summed E-state index contributed by atoms with van der Waals surface area (Å²) in [5.41, 5.74) is 4.56. The number of Topliss-reactive ketones (excluding diaryl/α,β-unsaturated/α-hetero) is 1. The maximum atomic E-state index is 12.1. The zero-order valence-electron chi connectivity index (χ0n) is 18.5. The summed E-state index contributed by atoms with van der Waals surface area (Å²) in [5, 5.41) is 19.9. The molecule has 0 aromatic carbocycles. The Hall–Kier alpha value is -1.79. The summed E-state index contributed by atoms with van der Waals surface area (Å²) in [4.78, 5) is 12.1. The van der Waals surface area contributed by atoms with Crippen LogP contribution in [0.15, 0.2) is 58.7 Å². The maximum Gasteiger partial charge on any atom is 0.209 e. The molecule has 30 heavy (non-hydrogen) atoms. The van der Waals surface area contributed by atoms with Crippen molar-refractivity contribution in [1.29, 1.82) is 0 Å². The minimum absolute atomic E-state index is 0.0971.